The highest BCUT2D eigenvalue weighted by molar-refractivity contribution is 6.17. The van der Waals surface area contributed by atoms with Crippen molar-refractivity contribution < 1.29 is 9.59 Å². The number of carbonyl (C=O) groups excluding carboxylic acids is 2. The Bertz CT molecular complexity index is 461. The second kappa shape index (κ2) is 7.19. The molecule has 0 atom stereocenters. The van der Waals surface area contributed by atoms with E-state index in [0.717, 1.165) is 0 Å². The van der Waals surface area contributed by atoms with Crippen LogP contribution in [0.3, 0.4) is 0 Å². The second-order valence-corrected chi connectivity index (χ2v) is 4.93. The van der Waals surface area contributed by atoms with E-state index in [2.05, 4.69) is 9.97 Å². The summed E-state index contributed by atoms with van der Waals surface area (Å²) in [6.45, 7) is 2.18. The van der Waals surface area contributed by atoms with Crippen molar-refractivity contribution in [1.29, 1.82) is 0 Å². The van der Waals surface area contributed by atoms with Crippen molar-refractivity contribution in [1.82, 2.24) is 19.8 Å². The van der Waals surface area contributed by atoms with E-state index >= 15 is 0 Å². The van der Waals surface area contributed by atoms with Crippen LogP contribution >= 0.6 is 11.6 Å². The Hall–Kier alpha value is -1.69. The lowest BCUT2D eigenvalue weighted by Crippen LogP contribution is -2.50. The van der Waals surface area contributed by atoms with Crippen molar-refractivity contribution in [3.8, 4) is 0 Å². The number of piperazine rings is 1. The number of hydrogen-bond acceptors (Lipinski definition) is 4. The third kappa shape index (κ3) is 3.66. The molecule has 0 bridgehead atoms. The summed E-state index contributed by atoms with van der Waals surface area (Å²) in [4.78, 5) is 35.4. The van der Waals surface area contributed by atoms with Gasteiger partial charge in [0.15, 0.2) is 0 Å². The van der Waals surface area contributed by atoms with Crippen molar-refractivity contribution in [3.63, 3.8) is 0 Å². The molecule has 20 heavy (non-hydrogen) atoms. The van der Waals surface area contributed by atoms with Crippen molar-refractivity contribution >= 4 is 23.4 Å². The zero-order valence-corrected chi connectivity index (χ0v) is 11.9. The van der Waals surface area contributed by atoms with Gasteiger partial charge in [-0.05, 0) is 6.42 Å². The van der Waals surface area contributed by atoms with Gasteiger partial charge in [0.25, 0.3) is 5.91 Å². The Morgan fingerprint density at radius 1 is 1.15 bits per heavy atom. The molecule has 2 rings (SSSR count). The number of nitrogens with zero attached hydrogens (tertiary/aromatic N) is 4. The molecular formula is C13H17ClN4O2. The fourth-order valence-electron chi connectivity index (χ4n) is 2.11. The molecule has 0 unspecified atom stereocenters. The SMILES string of the molecule is O=C(CCCCl)N1CCN(C(=O)c2cnccn2)CC1. The molecule has 0 aromatic carbocycles. The van der Waals surface area contributed by atoms with Crippen LogP contribution < -0.4 is 0 Å². The minimum atomic E-state index is -0.133. The fraction of sp³-hybridized carbons (Fsp3) is 0.538. The molecule has 0 saturated carbocycles. The zero-order valence-electron chi connectivity index (χ0n) is 11.2. The van der Waals surface area contributed by atoms with E-state index in [9.17, 15) is 9.59 Å². The molecule has 108 valence electrons. The number of halogens is 1. The first-order valence-corrected chi connectivity index (χ1v) is 7.15. The molecule has 1 aliphatic rings. The highest BCUT2D eigenvalue weighted by Gasteiger charge is 2.25. The smallest absolute Gasteiger partial charge is 0.274 e. The molecule has 1 saturated heterocycles. The molecule has 0 radical (unpaired) electrons. The minimum absolute atomic E-state index is 0.109. The maximum atomic E-state index is 12.2. The number of carbonyl (C=O) groups is 2. The lowest BCUT2D eigenvalue weighted by Gasteiger charge is -2.34. The quantitative estimate of drug-likeness (QED) is 0.770. The molecule has 1 aromatic heterocycles. The summed E-state index contributed by atoms with van der Waals surface area (Å²) in [6, 6.07) is 0. The average Bonchev–Trinajstić information content (AvgIpc) is 2.53. The summed E-state index contributed by atoms with van der Waals surface area (Å²) in [5, 5.41) is 0. The lowest BCUT2D eigenvalue weighted by atomic mass is 10.2. The van der Waals surface area contributed by atoms with Gasteiger partial charge in [0.1, 0.15) is 5.69 Å². The van der Waals surface area contributed by atoms with E-state index in [1.807, 2.05) is 0 Å². The van der Waals surface area contributed by atoms with Gasteiger partial charge >= 0.3 is 0 Å². The molecule has 0 aliphatic carbocycles. The van der Waals surface area contributed by atoms with E-state index in [4.69, 9.17) is 11.6 Å². The molecule has 6 nitrogen and oxygen atoms in total. The molecule has 0 N–H and O–H groups in total. The maximum Gasteiger partial charge on any atom is 0.274 e. The van der Waals surface area contributed by atoms with E-state index in [1.165, 1.54) is 18.6 Å². The van der Waals surface area contributed by atoms with Crippen LogP contribution in [0, 0.1) is 0 Å². The predicted octanol–water partition coefficient (Wildman–Crippen LogP) is 0.780. The van der Waals surface area contributed by atoms with Gasteiger partial charge in [-0.2, -0.15) is 0 Å². The topological polar surface area (TPSA) is 66.4 Å². The van der Waals surface area contributed by atoms with Crippen molar-refractivity contribution in [3.05, 3.63) is 24.3 Å². The predicted molar refractivity (Wildman–Crippen MR) is 74.5 cm³/mol. The normalized spacial score (nSPS) is 15.2. The maximum absolute atomic E-state index is 12.2. The second-order valence-electron chi connectivity index (χ2n) is 4.56. The van der Waals surface area contributed by atoms with Gasteiger partial charge in [-0.15, -0.1) is 11.6 Å². The molecule has 2 amide bonds. The summed E-state index contributed by atoms with van der Waals surface area (Å²) in [5.41, 5.74) is 0.342. The first kappa shape index (κ1) is 14.7. The summed E-state index contributed by atoms with van der Waals surface area (Å²) in [6.07, 6.45) is 5.66. The van der Waals surface area contributed by atoms with Crippen LogP contribution in [0.25, 0.3) is 0 Å². The lowest BCUT2D eigenvalue weighted by molar-refractivity contribution is -0.132. The van der Waals surface area contributed by atoms with Crippen molar-refractivity contribution in [2.45, 2.75) is 12.8 Å². The first-order valence-electron chi connectivity index (χ1n) is 6.61. The summed E-state index contributed by atoms with van der Waals surface area (Å²) >= 11 is 5.58. The van der Waals surface area contributed by atoms with E-state index in [-0.39, 0.29) is 11.8 Å². The zero-order chi connectivity index (χ0) is 14.4. The third-order valence-corrected chi connectivity index (χ3v) is 3.49. The Labute approximate surface area is 122 Å². The van der Waals surface area contributed by atoms with Crippen LogP contribution in [0.2, 0.25) is 0 Å². The Kier molecular flexibility index (Phi) is 5.29. The van der Waals surface area contributed by atoms with E-state index in [1.54, 1.807) is 9.80 Å². The number of aromatic nitrogens is 2. The molecule has 1 fully saturated rings. The molecule has 1 aliphatic heterocycles. The van der Waals surface area contributed by atoms with Gasteiger partial charge in [0, 0.05) is 50.9 Å². The van der Waals surface area contributed by atoms with Crippen LogP contribution in [0.1, 0.15) is 23.3 Å². The monoisotopic (exact) mass is 296 g/mol. The summed E-state index contributed by atoms with van der Waals surface area (Å²) in [7, 11) is 0. The fourth-order valence-corrected chi connectivity index (χ4v) is 2.24. The number of rotatable bonds is 4. The Morgan fingerprint density at radius 3 is 2.45 bits per heavy atom. The highest BCUT2D eigenvalue weighted by Crippen LogP contribution is 2.08. The molecule has 0 spiro atoms. The van der Waals surface area contributed by atoms with Crippen LogP contribution in [-0.4, -0.2) is 63.6 Å². The van der Waals surface area contributed by atoms with Gasteiger partial charge in [-0.3, -0.25) is 14.6 Å². The number of amides is 2. The Morgan fingerprint density at radius 2 is 1.85 bits per heavy atom. The highest BCUT2D eigenvalue weighted by atomic mass is 35.5. The molecular weight excluding hydrogens is 280 g/mol. The van der Waals surface area contributed by atoms with Gasteiger partial charge in [0.2, 0.25) is 5.91 Å². The van der Waals surface area contributed by atoms with Crippen LogP contribution in [0.4, 0.5) is 0 Å². The molecule has 7 heteroatoms. The average molecular weight is 297 g/mol. The van der Waals surface area contributed by atoms with Crippen LogP contribution in [0.5, 0.6) is 0 Å². The van der Waals surface area contributed by atoms with Crippen LogP contribution in [0.15, 0.2) is 18.6 Å². The largest absolute Gasteiger partial charge is 0.339 e. The molecule has 2 heterocycles. The van der Waals surface area contributed by atoms with Gasteiger partial charge in [-0.1, -0.05) is 0 Å². The first-order chi connectivity index (χ1) is 9.72. The van der Waals surface area contributed by atoms with Gasteiger partial charge in [0.05, 0.1) is 6.20 Å². The number of hydrogen-bond donors (Lipinski definition) is 0. The van der Waals surface area contributed by atoms with Crippen molar-refractivity contribution in [2.75, 3.05) is 32.1 Å². The third-order valence-electron chi connectivity index (χ3n) is 3.23. The Balaban J connectivity index is 1.85. The van der Waals surface area contributed by atoms with E-state index < -0.39 is 0 Å². The van der Waals surface area contributed by atoms with Crippen molar-refractivity contribution in [2.24, 2.45) is 0 Å². The van der Waals surface area contributed by atoms with Crippen LogP contribution in [-0.2, 0) is 4.79 Å². The minimum Gasteiger partial charge on any atom is -0.339 e. The standard InChI is InChI=1S/C13H17ClN4O2/c14-3-1-2-12(19)17-6-8-18(9-7-17)13(20)11-10-15-4-5-16-11/h4-5,10H,1-3,6-9H2. The van der Waals surface area contributed by atoms with Gasteiger partial charge in [-0.25, -0.2) is 4.98 Å². The van der Waals surface area contributed by atoms with E-state index in [0.29, 0.717) is 50.6 Å². The number of alkyl halides is 1. The molecule has 1 aromatic rings. The van der Waals surface area contributed by atoms with Gasteiger partial charge < -0.3 is 9.80 Å². The summed E-state index contributed by atoms with van der Waals surface area (Å²) in [5.74, 6) is 0.472. The summed E-state index contributed by atoms with van der Waals surface area (Å²) < 4.78 is 0.